The van der Waals surface area contributed by atoms with E-state index in [-0.39, 0.29) is 0 Å². The Bertz CT molecular complexity index is 1930. The molecule has 0 fully saturated rings. The topological polar surface area (TPSA) is 27.7 Å². The van der Waals surface area contributed by atoms with Gasteiger partial charge in [0.05, 0.1) is 19.8 Å². The van der Waals surface area contributed by atoms with Crippen LogP contribution in [0.5, 0.6) is 5.75 Å². The number of hydrogen-bond donors (Lipinski definition) is 0. The molecule has 0 N–H and O–H groups in total. The van der Waals surface area contributed by atoms with E-state index in [2.05, 4.69) is 106 Å². The predicted molar refractivity (Wildman–Crippen MR) is 241 cm³/mol. The minimum absolute atomic E-state index is 0.599. The Labute approximate surface area is 337 Å². The average molecular weight is 743 g/mol. The highest BCUT2D eigenvalue weighted by atomic mass is 16.5. The quantitative estimate of drug-likeness (QED) is 0.0988. The van der Waals surface area contributed by atoms with Crippen molar-refractivity contribution in [3.05, 3.63) is 234 Å². The van der Waals surface area contributed by atoms with Crippen molar-refractivity contribution in [3.8, 4) is 5.75 Å². The van der Waals surface area contributed by atoms with Crippen LogP contribution in [0.2, 0.25) is 0 Å². The van der Waals surface area contributed by atoms with Crippen molar-refractivity contribution in [2.75, 3.05) is 6.61 Å². The molecule has 0 heterocycles. The molecule has 0 aliphatic carbocycles. The van der Waals surface area contributed by atoms with Gasteiger partial charge in [0.2, 0.25) is 0 Å². The SMILES string of the molecule is C=Cc1ccc(CCC)cc1.C=Cc1ccc(COCC)cc1.C=Cc1ccc(COCc2ccccc2)cc1.C=Cc1ccc(COc2ccccc2)cc1. The molecule has 0 saturated heterocycles. The smallest absolute Gasteiger partial charge is 0.119 e. The van der Waals surface area contributed by atoms with E-state index in [1.54, 1.807) is 0 Å². The van der Waals surface area contributed by atoms with E-state index in [1.807, 2.05) is 116 Å². The van der Waals surface area contributed by atoms with Crippen molar-refractivity contribution in [2.45, 2.75) is 53.1 Å². The van der Waals surface area contributed by atoms with Gasteiger partial charge in [-0.05, 0) is 75.5 Å². The van der Waals surface area contributed by atoms with E-state index in [4.69, 9.17) is 14.2 Å². The molecule has 0 saturated carbocycles. The third-order valence-electron chi connectivity index (χ3n) is 8.40. The first-order chi connectivity index (χ1) is 27.5. The van der Waals surface area contributed by atoms with Crippen LogP contribution in [0.3, 0.4) is 0 Å². The van der Waals surface area contributed by atoms with Gasteiger partial charge in [-0.15, -0.1) is 0 Å². The summed E-state index contributed by atoms with van der Waals surface area (Å²) < 4.78 is 16.6. The van der Waals surface area contributed by atoms with E-state index in [9.17, 15) is 0 Å². The van der Waals surface area contributed by atoms with Gasteiger partial charge in [0.1, 0.15) is 12.4 Å². The summed E-state index contributed by atoms with van der Waals surface area (Å²) >= 11 is 0. The Hall–Kier alpha value is -6.00. The highest BCUT2D eigenvalue weighted by Crippen LogP contribution is 2.13. The normalized spacial score (nSPS) is 9.82. The maximum Gasteiger partial charge on any atom is 0.119 e. The molecule has 0 aliphatic rings. The van der Waals surface area contributed by atoms with Crippen molar-refractivity contribution < 1.29 is 14.2 Å². The lowest BCUT2D eigenvalue weighted by molar-refractivity contribution is 0.107. The van der Waals surface area contributed by atoms with Gasteiger partial charge in [0, 0.05) is 6.61 Å². The van der Waals surface area contributed by atoms with Crippen molar-refractivity contribution in [1.29, 1.82) is 0 Å². The molecule has 0 atom stereocenters. The Balaban J connectivity index is 0.000000204. The first-order valence-corrected chi connectivity index (χ1v) is 19.2. The summed E-state index contributed by atoms with van der Waals surface area (Å²) in [4.78, 5) is 0. The molecule has 56 heavy (non-hydrogen) atoms. The van der Waals surface area contributed by atoms with Crippen LogP contribution in [0, 0.1) is 0 Å². The van der Waals surface area contributed by atoms with Crippen LogP contribution in [0.15, 0.2) is 184 Å². The summed E-state index contributed by atoms with van der Waals surface area (Å²) in [6.07, 6.45) is 9.78. The Kier molecular flexibility index (Phi) is 21.9. The maximum absolute atomic E-state index is 5.65. The summed E-state index contributed by atoms with van der Waals surface area (Å²) in [6, 6.07) is 53.2. The average Bonchev–Trinajstić information content (AvgIpc) is 3.27. The van der Waals surface area contributed by atoms with Gasteiger partial charge in [-0.25, -0.2) is 0 Å². The van der Waals surface area contributed by atoms with Gasteiger partial charge in [0.15, 0.2) is 0 Å². The van der Waals surface area contributed by atoms with Gasteiger partial charge in [0.25, 0.3) is 0 Å². The van der Waals surface area contributed by atoms with Crippen molar-refractivity contribution in [2.24, 2.45) is 0 Å². The first-order valence-electron chi connectivity index (χ1n) is 19.2. The van der Waals surface area contributed by atoms with Crippen molar-refractivity contribution >= 4 is 24.3 Å². The monoisotopic (exact) mass is 742 g/mol. The van der Waals surface area contributed by atoms with E-state index in [0.717, 1.165) is 34.6 Å². The molecular formula is C53H58O3. The highest BCUT2D eigenvalue weighted by Gasteiger charge is 1.97. The largest absolute Gasteiger partial charge is 0.489 e. The third-order valence-corrected chi connectivity index (χ3v) is 8.40. The van der Waals surface area contributed by atoms with E-state index >= 15 is 0 Å². The third kappa shape index (κ3) is 18.4. The summed E-state index contributed by atoms with van der Waals surface area (Å²) in [6.45, 7) is 22.4. The van der Waals surface area contributed by atoms with Crippen LogP contribution in [-0.2, 0) is 42.3 Å². The molecule has 0 unspecified atom stereocenters. The summed E-state index contributed by atoms with van der Waals surface area (Å²) in [5.41, 5.74) is 10.8. The number of ether oxygens (including phenoxy) is 3. The number of benzene rings is 6. The zero-order valence-corrected chi connectivity index (χ0v) is 33.3. The van der Waals surface area contributed by atoms with Crippen molar-refractivity contribution in [1.82, 2.24) is 0 Å². The van der Waals surface area contributed by atoms with Gasteiger partial charge >= 0.3 is 0 Å². The van der Waals surface area contributed by atoms with Crippen LogP contribution in [0.1, 0.15) is 70.3 Å². The summed E-state index contributed by atoms with van der Waals surface area (Å²) in [7, 11) is 0. The second kappa shape index (κ2) is 27.6. The Morgan fingerprint density at radius 1 is 0.375 bits per heavy atom. The van der Waals surface area contributed by atoms with Crippen molar-refractivity contribution in [3.63, 3.8) is 0 Å². The van der Waals surface area contributed by atoms with Crippen LogP contribution < -0.4 is 4.74 Å². The molecule has 0 amide bonds. The molecule has 3 nitrogen and oxygen atoms in total. The molecule has 0 aliphatic heterocycles. The van der Waals surface area contributed by atoms with Gasteiger partial charge in [-0.2, -0.15) is 0 Å². The number of hydrogen-bond acceptors (Lipinski definition) is 3. The van der Waals surface area contributed by atoms with E-state index in [1.165, 1.54) is 40.7 Å². The first kappa shape index (κ1) is 44.4. The summed E-state index contributed by atoms with van der Waals surface area (Å²) in [5.74, 6) is 0.898. The van der Waals surface area contributed by atoms with E-state index < -0.39 is 0 Å². The maximum atomic E-state index is 5.65. The van der Waals surface area contributed by atoms with Gasteiger partial charge in [-0.1, -0.05) is 210 Å². The van der Waals surface area contributed by atoms with Gasteiger partial charge < -0.3 is 14.2 Å². The number of para-hydroxylation sites is 1. The lowest BCUT2D eigenvalue weighted by atomic mass is 10.1. The molecular weight excluding hydrogens is 685 g/mol. The zero-order chi connectivity index (χ0) is 40.1. The fourth-order valence-corrected chi connectivity index (χ4v) is 5.12. The fourth-order valence-electron chi connectivity index (χ4n) is 5.12. The Morgan fingerprint density at radius 2 is 0.714 bits per heavy atom. The minimum Gasteiger partial charge on any atom is -0.489 e. The highest BCUT2D eigenvalue weighted by molar-refractivity contribution is 5.49. The van der Waals surface area contributed by atoms with E-state index in [0.29, 0.717) is 26.4 Å². The molecule has 0 bridgehead atoms. The van der Waals surface area contributed by atoms with Gasteiger partial charge in [-0.3, -0.25) is 0 Å². The number of aryl methyl sites for hydroxylation is 1. The molecule has 6 rings (SSSR count). The second-order valence-corrected chi connectivity index (χ2v) is 12.8. The zero-order valence-electron chi connectivity index (χ0n) is 33.3. The molecule has 0 aromatic heterocycles. The lowest BCUT2D eigenvalue weighted by Gasteiger charge is -2.06. The standard InChI is InChI=1S/C16H16O.C15H14O.C11H14O.C11H14/c1-2-14-8-10-16(11-9-14)13-17-12-15-6-4-3-5-7-15;1-2-13-8-10-14(11-9-13)12-16-15-6-4-3-5-7-15;1-3-10-5-7-11(8-6-10)9-12-4-2;1-3-5-11-8-6-10(4-2)7-9-11/h2-11H,1,12-13H2;2-11H,1,12H2;3,5-8H,1,4,9H2,2H3;4,6-9H,2-3,5H2,1H3. The number of rotatable bonds is 16. The molecule has 6 aromatic rings. The molecule has 0 radical (unpaired) electrons. The molecule has 6 aromatic carbocycles. The molecule has 288 valence electrons. The van der Waals surface area contributed by atoms with Crippen LogP contribution >= 0.6 is 0 Å². The Morgan fingerprint density at radius 3 is 1.09 bits per heavy atom. The summed E-state index contributed by atoms with van der Waals surface area (Å²) in [5, 5.41) is 0. The van der Waals surface area contributed by atoms with Crippen LogP contribution in [0.25, 0.3) is 24.3 Å². The second-order valence-electron chi connectivity index (χ2n) is 12.8. The fraction of sp³-hybridized carbons (Fsp3) is 0.170. The molecule has 3 heteroatoms. The van der Waals surface area contributed by atoms with Crippen LogP contribution in [0.4, 0.5) is 0 Å². The molecule has 0 spiro atoms. The lowest BCUT2D eigenvalue weighted by Crippen LogP contribution is -1.94. The van der Waals surface area contributed by atoms with Crippen LogP contribution in [-0.4, -0.2) is 6.61 Å². The minimum atomic E-state index is 0.599. The predicted octanol–water partition coefficient (Wildman–Crippen LogP) is 14.1.